The first-order chi connectivity index (χ1) is 22.2. The molecule has 236 valence electrons. The zero-order valence-electron chi connectivity index (χ0n) is 25.5. The Morgan fingerprint density at radius 2 is 1.72 bits per heavy atom. The molecule has 7 rings (SSSR count). The van der Waals surface area contributed by atoms with Gasteiger partial charge in [-0.1, -0.05) is 36.4 Å². The minimum atomic E-state index is -0.687. The lowest BCUT2D eigenvalue weighted by Gasteiger charge is -2.21. The van der Waals surface area contributed by atoms with Gasteiger partial charge >= 0.3 is 0 Å². The second-order valence-corrected chi connectivity index (χ2v) is 11.5. The standard InChI is InChI=1S/C36H34FN3O6/c1-22-6-10-29(14-23(22)2)45-21-35(42)40-18-32-33(19-40)46-27-11-7-24(8-12-27)17-38-34(41)20-44-28-5-3-4-25(15-28)26-9-13-31(37)30(16-26)36(43)39-32/h3-16,32-33H,17-21H2,1-2H3,(H,38,41)(H,39,43)/t32-,33-/m0/s1. The van der Waals surface area contributed by atoms with Crippen LogP contribution in [0.2, 0.25) is 0 Å². The minimum absolute atomic E-state index is 0.149. The number of carbonyl (C=O) groups is 3. The van der Waals surface area contributed by atoms with Gasteiger partial charge in [-0.15, -0.1) is 0 Å². The van der Waals surface area contributed by atoms with E-state index < -0.39 is 23.9 Å². The van der Waals surface area contributed by atoms with E-state index >= 15 is 4.39 Å². The van der Waals surface area contributed by atoms with Gasteiger partial charge in [-0.2, -0.15) is 0 Å². The van der Waals surface area contributed by atoms with E-state index in [1.165, 1.54) is 12.1 Å². The van der Waals surface area contributed by atoms with E-state index in [0.29, 0.717) is 34.9 Å². The predicted octanol–water partition coefficient (Wildman–Crippen LogP) is 4.59. The lowest BCUT2D eigenvalue weighted by molar-refractivity contribution is -0.132. The van der Waals surface area contributed by atoms with Crippen molar-refractivity contribution in [3.8, 4) is 28.4 Å². The monoisotopic (exact) mass is 623 g/mol. The first kappa shape index (κ1) is 30.6. The number of hydrogen-bond donors (Lipinski definition) is 2. The molecule has 1 saturated heterocycles. The smallest absolute Gasteiger partial charge is 0.260 e. The van der Waals surface area contributed by atoms with Crippen molar-refractivity contribution < 1.29 is 33.0 Å². The van der Waals surface area contributed by atoms with Crippen LogP contribution in [0.3, 0.4) is 0 Å². The number of fused-ring (bicyclic) bond motifs is 7. The van der Waals surface area contributed by atoms with Crippen molar-refractivity contribution in [3.05, 3.63) is 113 Å². The number of carbonyl (C=O) groups excluding carboxylic acids is 3. The molecule has 0 saturated carbocycles. The molecule has 2 atom stereocenters. The number of aryl methyl sites for hydroxylation is 2. The van der Waals surface area contributed by atoms with Crippen molar-refractivity contribution >= 4 is 17.7 Å². The lowest BCUT2D eigenvalue weighted by atomic mass is 10.0. The maximum atomic E-state index is 15.1. The van der Waals surface area contributed by atoms with Gasteiger partial charge in [0.2, 0.25) is 0 Å². The van der Waals surface area contributed by atoms with E-state index in [-0.39, 0.29) is 43.7 Å². The van der Waals surface area contributed by atoms with E-state index in [0.717, 1.165) is 16.7 Å². The molecule has 3 aliphatic heterocycles. The molecular weight excluding hydrogens is 589 g/mol. The highest BCUT2D eigenvalue weighted by Crippen LogP contribution is 2.27. The molecule has 3 amide bonds. The fourth-order valence-electron chi connectivity index (χ4n) is 5.43. The lowest BCUT2D eigenvalue weighted by Crippen LogP contribution is -2.45. The van der Waals surface area contributed by atoms with Gasteiger partial charge < -0.3 is 29.7 Å². The fourth-order valence-corrected chi connectivity index (χ4v) is 5.43. The van der Waals surface area contributed by atoms with E-state index in [2.05, 4.69) is 10.6 Å². The number of hydrogen-bond acceptors (Lipinski definition) is 6. The maximum Gasteiger partial charge on any atom is 0.260 e. The molecule has 0 aliphatic carbocycles. The molecule has 1 fully saturated rings. The van der Waals surface area contributed by atoms with Gasteiger partial charge in [0.1, 0.15) is 29.2 Å². The molecule has 4 aromatic carbocycles. The van der Waals surface area contributed by atoms with Crippen molar-refractivity contribution in [2.75, 3.05) is 26.3 Å². The summed E-state index contributed by atoms with van der Waals surface area (Å²) in [4.78, 5) is 40.8. The van der Waals surface area contributed by atoms with Gasteiger partial charge in [0.25, 0.3) is 17.7 Å². The van der Waals surface area contributed by atoms with Gasteiger partial charge in [-0.25, -0.2) is 4.39 Å². The molecule has 0 aromatic heterocycles. The summed E-state index contributed by atoms with van der Waals surface area (Å²) in [6, 6.07) is 23.5. The third-order valence-electron chi connectivity index (χ3n) is 8.22. The second-order valence-electron chi connectivity index (χ2n) is 11.5. The molecule has 46 heavy (non-hydrogen) atoms. The zero-order valence-corrected chi connectivity index (χ0v) is 25.5. The van der Waals surface area contributed by atoms with Crippen LogP contribution in [-0.4, -0.2) is 61.1 Å². The summed E-state index contributed by atoms with van der Waals surface area (Å²) in [5.74, 6) is -0.312. The molecule has 0 spiro atoms. The highest BCUT2D eigenvalue weighted by atomic mass is 19.1. The first-order valence-corrected chi connectivity index (χ1v) is 15.1. The average molecular weight is 624 g/mol. The largest absolute Gasteiger partial charge is 0.486 e. The maximum absolute atomic E-state index is 15.1. The molecule has 3 aliphatic rings. The van der Waals surface area contributed by atoms with E-state index in [4.69, 9.17) is 14.2 Å². The summed E-state index contributed by atoms with van der Waals surface area (Å²) < 4.78 is 32.8. The SMILES string of the molecule is Cc1ccc(OCC(=O)N2C[C@@H]3NC(=O)c4cc(ccc4F)-c4cccc(c4)OCC(=O)NCc4ccc(cc4)O[C@H]3C2)cc1C. The van der Waals surface area contributed by atoms with Crippen molar-refractivity contribution in [3.63, 3.8) is 0 Å². The summed E-state index contributed by atoms with van der Waals surface area (Å²) in [7, 11) is 0. The summed E-state index contributed by atoms with van der Waals surface area (Å²) in [6.07, 6.45) is -0.620. The van der Waals surface area contributed by atoms with E-state index in [9.17, 15) is 14.4 Å². The normalized spacial score (nSPS) is 18.0. The third-order valence-corrected chi connectivity index (χ3v) is 8.22. The van der Waals surface area contributed by atoms with Crippen molar-refractivity contribution in [1.82, 2.24) is 15.5 Å². The zero-order chi connectivity index (χ0) is 32.2. The van der Waals surface area contributed by atoms with Crippen LogP contribution in [0, 0.1) is 19.7 Å². The molecule has 9 nitrogen and oxygen atoms in total. The Bertz CT molecular complexity index is 1780. The van der Waals surface area contributed by atoms with Crippen LogP contribution in [0.15, 0.2) is 84.9 Å². The average Bonchev–Trinajstić information content (AvgIpc) is 3.45. The quantitative estimate of drug-likeness (QED) is 0.346. The Balaban J connectivity index is 1.26. The Hall–Kier alpha value is -5.38. The molecule has 0 radical (unpaired) electrons. The Morgan fingerprint density at radius 3 is 2.52 bits per heavy atom. The van der Waals surface area contributed by atoms with Crippen LogP contribution < -0.4 is 24.8 Å². The summed E-state index contributed by atoms with van der Waals surface area (Å²) in [5, 5.41) is 5.76. The van der Waals surface area contributed by atoms with Crippen LogP contribution in [0.25, 0.3) is 11.1 Å². The Kier molecular flexibility index (Phi) is 8.87. The topological polar surface area (TPSA) is 106 Å². The Labute approximate surface area is 266 Å². The van der Waals surface area contributed by atoms with Gasteiger partial charge in [-0.3, -0.25) is 14.4 Å². The molecule has 10 heteroatoms. The van der Waals surface area contributed by atoms with Crippen LogP contribution >= 0.6 is 0 Å². The number of halogens is 1. The van der Waals surface area contributed by atoms with Crippen LogP contribution in [0.1, 0.15) is 27.0 Å². The van der Waals surface area contributed by atoms with Crippen LogP contribution in [-0.2, 0) is 16.1 Å². The van der Waals surface area contributed by atoms with Gasteiger partial charge in [0.05, 0.1) is 18.2 Å². The number of ether oxygens (including phenoxy) is 3. The van der Waals surface area contributed by atoms with Crippen LogP contribution in [0.5, 0.6) is 17.2 Å². The van der Waals surface area contributed by atoms with Crippen molar-refractivity contribution in [2.45, 2.75) is 32.5 Å². The number of rotatable bonds is 3. The summed E-state index contributed by atoms with van der Waals surface area (Å²) >= 11 is 0. The van der Waals surface area contributed by atoms with E-state index in [1.54, 1.807) is 47.4 Å². The van der Waals surface area contributed by atoms with Crippen molar-refractivity contribution in [1.29, 1.82) is 0 Å². The number of likely N-dealkylation sites (tertiary alicyclic amines) is 1. The first-order valence-electron chi connectivity index (χ1n) is 15.1. The molecule has 6 bridgehead atoms. The fraction of sp³-hybridized carbons (Fsp3) is 0.250. The number of nitrogens with zero attached hydrogens (tertiary/aromatic N) is 1. The minimum Gasteiger partial charge on any atom is -0.486 e. The third kappa shape index (κ3) is 7.12. The van der Waals surface area contributed by atoms with Gasteiger partial charge in [-0.05, 0) is 90.2 Å². The molecule has 4 aromatic rings. The number of nitrogens with one attached hydrogen (secondary N) is 2. The van der Waals surface area contributed by atoms with E-state index in [1.807, 2.05) is 44.2 Å². The number of benzene rings is 4. The molecule has 0 unspecified atom stereocenters. The highest BCUT2D eigenvalue weighted by Gasteiger charge is 2.38. The van der Waals surface area contributed by atoms with Gasteiger partial charge in [0.15, 0.2) is 13.2 Å². The molecule has 2 N–H and O–H groups in total. The summed E-state index contributed by atoms with van der Waals surface area (Å²) in [6.45, 7) is 4.24. The number of amides is 3. The van der Waals surface area contributed by atoms with Gasteiger partial charge in [0, 0.05) is 13.1 Å². The highest BCUT2D eigenvalue weighted by molar-refractivity contribution is 5.96. The van der Waals surface area contributed by atoms with Crippen molar-refractivity contribution in [2.24, 2.45) is 0 Å². The molecule has 3 heterocycles. The predicted molar refractivity (Wildman–Crippen MR) is 169 cm³/mol. The second kappa shape index (κ2) is 13.3. The molecular formula is C36H34FN3O6. The Morgan fingerprint density at radius 1 is 0.913 bits per heavy atom. The summed E-state index contributed by atoms with van der Waals surface area (Å²) in [5.41, 5.74) is 4.16. The van der Waals surface area contributed by atoms with Crippen LogP contribution in [0.4, 0.5) is 4.39 Å².